The molecule has 0 atom stereocenters. The molecule has 0 amide bonds. The molecule has 1 fully saturated rings. The molecule has 0 unspecified atom stereocenters. The molecule has 4 heterocycles. The van der Waals surface area contributed by atoms with Gasteiger partial charge in [-0.1, -0.05) is 18.2 Å². The van der Waals surface area contributed by atoms with Crippen LogP contribution in [0.25, 0.3) is 33.4 Å². The van der Waals surface area contributed by atoms with Crippen molar-refractivity contribution in [3.05, 3.63) is 59.9 Å². The van der Waals surface area contributed by atoms with Crippen LogP contribution in [0.5, 0.6) is 0 Å². The Morgan fingerprint density at radius 2 is 1.86 bits per heavy atom. The number of fused-ring (bicyclic) bond motifs is 1. The molecular formula is C23H23N5O. The Labute approximate surface area is 169 Å². The van der Waals surface area contributed by atoms with Crippen molar-refractivity contribution in [2.24, 2.45) is 0 Å². The molecule has 1 aliphatic rings. The summed E-state index contributed by atoms with van der Waals surface area (Å²) in [5.74, 6) is 0.963. The van der Waals surface area contributed by atoms with Crippen LogP contribution in [-0.4, -0.2) is 46.5 Å². The summed E-state index contributed by atoms with van der Waals surface area (Å²) in [4.78, 5) is 12.0. The molecule has 3 aromatic heterocycles. The van der Waals surface area contributed by atoms with Gasteiger partial charge in [0.1, 0.15) is 17.0 Å². The number of hydrogen-bond acceptors (Lipinski definition) is 5. The topological polar surface area (TPSA) is 66.9 Å². The maximum Gasteiger partial charge on any atom is 0.130 e. The number of nitrogens with zero attached hydrogens (tertiary/aromatic N) is 4. The summed E-state index contributed by atoms with van der Waals surface area (Å²) in [5.41, 5.74) is 7.55. The lowest BCUT2D eigenvalue weighted by atomic mass is 9.94. The Bertz CT molecular complexity index is 1160. The number of hydrogen-bond donors (Lipinski definition) is 1. The smallest absolute Gasteiger partial charge is 0.130 e. The Morgan fingerprint density at radius 1 is 1.00 bits per heavy atom. The van der Waals surface area contributed by atoms with Crippen molar-refractivity contribution < 1.29 is 4.74 Å². The zero-order valence-electron chi connectivity index (χ0n) is 16.6. The maximum atomic E-state index is 5.55. The number of pyridine rings is 2. The van der Waals surface area contributed by atoms with Crippen LogP contribution in [0.3, 0.4) is 0 Å². The molecule has 1 aromatic carbocycles. The van der Waals surface area contributed by atoms with E-state index < -0.39 is 0 Å². The molecule has 0 radical (unpaired) electrons. The number of rotatable bonds is 3. The third kappa shape index (κ3) is 3.15. The highest BCUT2D eigenvalue weighted by Gasteiger charge is 2.19. The van der Waals surface area contributed by atoms with E-state index in [2.05, 4.69) is 64.3 Å². The molecular weight excluding hydrogens is 362 g/mol. The summed E-state index contributed by atoms with van der Waals surface area (Å²) in [6, 6.07) is 12.7. The number of aryl methyl sites for hydroxylation is 1. The Kier molecular flexibility index (Phi) is 4.48. The fourth-order valence-electron chi connectivity index (χ4n) is 3.94. The van der Waals surface area contributed by atoms with Crippen molar-refractivity contribution in [2.75, 3.05) is 31.2 Å². The van der Waals surface area contributed by atoms with E-state index in [1.807, 2.05) is 12.3 Å². The van der Waals surface area contributed by atoms with Crippen molar-refractivity contribution in [2.45, 2.75) is 13.8 Å². The van der Waals surface area contributed by atoms with Crippen molar-refractivity contribution in [1.29, 1.82) is 0 Å². The van der Waals surface area contributed by atoms with Gasteiger partial charge in [0.25, 0.3) is 0 Å². The average Bonchev–Trinajstić information content (AvgIpc) is 3.30. The third-order valence-corrected chi connectivity index (χ3v) is 5.70. The second-order valence-electron chi connectivity index (χ2n) is 7.40. The first kappa shape index (κ1) is 17.8. The molecule has 6 heteroatoms. The van der Waals surface area contributed by atoms with E-state index in [4.69, 9.17) is 9.72 Å². The molecule has 29 heavy (non-hydrogen) atoms. The summed E-state index contributed by atoms with van der Waals surface area (Å²) in [6.45, 7) is 7.46. The summed E-state index contributed by atoms with van der Waals surface area (Å²) in [5, 5.41) is 8.24. The Morgan fingerprint density at radius 3 is 2.66 bits per heavy atom. The summed E-state index contributed by atoms with van der Waals surface area (Å²) in [6.07, 6.45) is 3.59. The first-order chi connectivity index (χ1) is 14.2. The van der Waals surface area contributed by atoms with Crippen LogP contribution in [0.15, 0.2) is 48.8 Å². The van der Waals surface area contributed by atoms with E-state index in [9.17, 15) is 0 Å². The van der Waals surface area contributed by atoms with Gasteiger partial charge in [-0.15, -0.1) is 0 Å². The third-order valence-electron chi connectivity index (χ3n) is 5.70. The monoisotopic (exact) mass is 385 g/mol. The summed E-state index contributed by atoms with van der Waals surface area (Å²) in [7, 11) is 0. The zero-order chi connectivity index (χ0) is 19.8. The van der Waals surface area contributed by atoms with Gasteiger partial charge in [0.2, 0.25) is 0 Å². The van der Waals surface area contributed by atoms with Crippen LogP contribution in [-0.2, 0) is 4.74 Å². The van der Waals surface area contributed by atoms with E-state index in [-0.39, 0.29) is 0 Å². The molecule has 146 valence electrons. The lowest BCUT2D eigenvalue weighted by Crippen LogP contribution is -2.36. The second-order valence-corrected chi connectivity index (χ2v) is 7.40. The van der Waals surface area contributed by atoms with Crippen molar-refractivity contribution in [1.82, 2.24) is 20.2 Å². The van der Waals surface area contributed by atoms with Gasteiger partial charge in [-0.25, -0.2) is 4.98 Å². The molecule has 0 saturated carbocycles. The summed E-state index contributed by atoms with van der Waals surface area (Å²) < 4.78 is 5.55. The number of H-pyrrole nitrogens is 1. The van der Waals surface area contributed by atoms with Gasteiger partial charge in [-0.05, 0) is 54.3 Å². The van der Waals surface area contributed by atoms with Crippen molar-refractivity contribution in [3.8, 4) is 22.5 Å². The zero-order valence-corrected chi connectivity index (χ0v) is 16.6. The molecule has 4 aromatic rings. The lowest BCUT2D eigenvalue weighted by Gasteiger charge is -2.29. The number of nitrogens with one attached hydrogen (secondary N) is 1. The molecule has 6 nitrogen and oxygen atoms in total. The molecule has 0 aliphatic carbocycles. The van der Waals surface area contributed by atoms with Crippen molar-refractivity contribution in [3.63, 3.8) is 0 Å². The maximum absolute atomic E-state index is 5.55. The van der Waals surface area contributed by atoms with Gasteiger partial charge >= 0.3 is 0 Å². The number of aromatic nitrogens is 4. The van der Waals surface area contributed by atoms with Gasteiger partial charge in [0.15, 0.2) is 0 Å². The quantitative estimate of drug-likeness (QED) is 0.574. The minimum absolute atomic E-state index is 0.721. The van der Waals surface area contributed by atoms with Crippen LogP contribution in [0.1, 0.15) is 11.1 Å². The Balaban J connectivity index is 1.81. The molecule has 0 spiro atoms. The van der Waals surface area contributed by atoms with Crippen LogP contribution in [0.4, 0.5) is 5.82 Å². The molecule has 1 N–H and O–H groups in total. The largest absolute Gasteiger partial charge is 0.378 e. The fourth-order valence-corrected chi connectivity index (χ4v) is 3.94. The highest BCUT2D eigenvalue weighted by molar-refractivity contribution is 6.02. The van der Waals surface area contributed by atoms with E-state index in [1.165, 1.54) is 22.3 Å². The number of ether oxygens (including phenoxy) is 1. The van der Waals surface area contributed by atoms with Crippen LogP contribution in [0, 0.1) is 13.8 Å². The predicted molar refractivity (Wildman–Crippen MR) is 115 cm³/mol. The second kappa shape index (κ2) is 7.29. The van der Waals surface area contributed by atoms with Gasteiger partial charge in [-0.2, -0.15) is 5.10 Å². The molecule has 1 saturated heterocycles. The average molecular weight is 385 g/mol. The number of aromatic amines is 1. The van der Waals surface area contributed by atoms with Gasteiger partial charge in [0, 0.05) is 30.9 Å². The van der Waals surface area contributed by atoms with E-state index >= 15 is 0 Å². The molecule has 5 rings (SSSR count). The minimum atomic E-state index is 0.721. The highest BCUT2D eigenvalue weighted by Crippen LogP contribution is 2.36. The van der Waals surface area contributed by atoms with E-state index in [1.54, 1.807) is 6.20 Å². The SMILES string of the molecule is Cc1cccc(-c2cc(N3CCOCC3)nc3c(-c4ccn[nH]4)nccc23)c1C. The van der Waals surface area contributed by atoms with Crippen LogP contribution < -0.4 is 4.90 Å². The standard InChI is InChI=1S/C23H23N5O/c1-15-4-3-5-17(16(15)2)19-14-21(28-10-12-29-13-11-28)26-22-18(19)6-8-24-23(22)20-7-9-25-27-20/h3-9,14H,10-13H2,1-2H3,(H,25,27). The fraction of sp³-hybridized carbons (Fsp3) is 0.261. The minimum Gasteiger partial charge on any atom is -0.378 e. The van der Waals surface area contributed by atoms with Crippen LogP contribution in [0.2, 0.25) is 0 Å². The first-order valence-corrected chi connectivity index (χ1v) is 9.91. The Hall–Kier alpha value is -3.25. The van der Waals surface area contributed by atoms with Crippen molar-refractivity contribution >= 4 is 16.7 Å². The van der Waals surface area contributed by atoms with Gasteiger partial charge < -0.3 is 9.64 Å². The normalized spacial score (nSPS) is 14.5. The van der Waals surface area contributed by atoms with E-state index in [0.717, 1.165) is 54.4 Å². The van der Waals surface area contributed by atoms with Gasteiger partial charge in [-0.3, -0.25) is 10.1 Å². The number of benzene rings is 1. The summed E-state index contributed by atoms with van der Waals surface area (Å²) >= 11 is 0. The van der Waals surface area contributed by atoms with Crippen LogP contribution >= 0.6 is 0 Å². The molecule has 0 bridgehead atoms. The van der Waals surface area contributed by atoms with Gasteiger partial charge in [0.05, 0.1) is 18.9 Å². The number of morpholine rings is 1. The molecule has 1 aliphatic heterocycles. The first-order valence-electron chi connectivity index (χ1n) is 9.91. The number of anilines is 1. The highest BCUT2D eigenvalue weighted by atomic mass is 16.5. The van der Waals surface area contributed by atoms with E-state index in [0.29, 0.717) is 0 Å². The lowest BCUT2D eigenvalue weighted by molar-refractivity contribution is 0.122. The predicted octanol–water partition coefficient (Wildman–Crippen LogP) is 4.14.